The molecule has 0 saturated carbocycles. The molecule has 0 aliphatic rings. The lowest BCUT2D eigenvalue weighted by Gasteiger charge is -1.92. The van der Waals surface area contributed by atoms with Crippen molar-refractivity contribution in [2.45, 2.75) is 13.1 Å². The van der Waals surface area contributed by atoms with E-state index >= 15 is 0 Å². The molecule has 3 N–H and O–H groups in total. The predicted octanol–water partition coefficient (Wildman–Crippen LogP) is -1.25. The summed E-state index contributed by atoms with van der Waals surface area (Å²) in [5.74, 6) is 0. The van der Waals surface area contributed by atoms with Gasteiger partial charge in [0, 0.05) is 6.20 Å². The summed E-state index contributed by atoms with van der Waals surface area (Å²) >= 11 is 0. The first kappa shape index (κ1) is 8.12. The van der Waals surface area contributed by atoms with Gasteiger partial charge in [-0.15, -0.1) is 5.10 Å². The second kappa shape index (κ2) is 4.02. The van der Waals surface area contributed by atoms with E-state index in [0.29, 0.717) is 12.2 Å². The minimum absolute atomic E-state index is 0.0371. The molecule has 6 nitrogen and oxygen atoms in total. The number of nitrogens with one attached hydrogen (secondary N) is 1. The lowest BCUT2D eigenvalue weighted by molar-refractivity contribution is 0.160. The molecule has 1 rings (SSSR count). The van der Waals surface area contributed by atoms with Crippen molar-refractivity contribution in [1.29, 1.82) is 0 Å². The van der Waals surface area contributed by atoms with Gasteiger partial charge in [0.1, 0.15) is 0 Å². The molecule has 11 heavy (non-hydrogen) atoms. The maximum Gasteiger partial charge on any atom is 0.0988 e. The van der Waals surface area contributed by atoms with Crippen LogP contribution in [0.2, 0.25) is 0 Å². The van der Waals surface area contributed by atoms with Crippen LogP contribution in [-0.2, 0) is 13.1 Å². The van der Waals surface area contributed by atoms with Crippen LogP contribution in [0, 0.1) is 0 Å². The Kier molecular flexibility index (Phi) is 2.96. The first-order chi connectivity index (χ1) is 5.36. The van der Waals surface area contributed by atoms with Crippen molar-refractivity contribution in [3.63, 3.8) is 0 Å². The fraction of sp³-hybridized carbons (Fsp3) is 0.600. The number of aromatic nitrogens is 3. The van der Waals surface area contributed by atoms with Crippen molar-refractivity contribution in [3.8, 4) is 0 Å². The summed E-state index contributed by atoms with van der Waals surface area (Å²) < 4.78 is 1.51. The normalized spacial score (nSPS) is 10.4. The predicted molar refractivity (Wildman–Crippen MR) is 35.7 cm³/mol. The van der Waals surface area contributed by atoms with E-state index in [1.54, 1.807) is 6.20 Å². The number of aliphatic hydroxyl groups is 1. The van der Waals surface area contributed by atoms with Gasteiger partial charge in [-0.1, -0.05) is 5.21 Å². The largest absolute Gasteiger partial charge is 0.394 e. The summed E-state index contributed by atoms with van der Waals surface area (Å²) in [6, 6.07) is 0. The van der Waals surface area contributed by atoms with Crippen molar-refractivity contribution >= 4 is 0 Å². The zero-order chi connectivity index (χ0) is 8.10. The van der Waals surface area contributed by atoms with Crippen molar-refractivity contribution in [3.05, 3.63) is 11.9 Å². The molecule has 0 spiro atoms. The monoisotopic (exact) mass is 158 g/mol. The van der Waals surface area contributed by atoms with Crippen LogP contribution in [-0.4, -0.2) is 31.9 Å². The molecule has 0 saturated heterocycles. The molecular formula is C5H10N4O2. The zero-order valence-corrected chi connectivity index (χ0v) is 5.93. The van der Waals surface area contributed by atoms with Gasteiger partial charge in [-0.05, 0) is 0 Å². The van der Waals surface area contributed by atoms with E-state index < -0.39 is 0 Å². The molecule has 6 heteroatoms. The molecule has 62 valence electrons. The van der Waals surface area contributed by atoms with Gasteiger partial charge >= 0.3 is 0 Å². The Morgan fingerprint density at radius 2 is 2.45 bits per heavy atom. The highest BCUT2D eigenvalue weighted by molar-refractivity contribution is 4.90. The van der Waals surface area contributed by atoms with Crippen LogP contribution < -0.4 is 5.48 Å². The fourth-order valence-electron chi connectivity index (χ4n) is 0.712. The molecule has 1 aromatic rings. The second-order valence-electron chi connectivity index (χ2n) is 2.03. The smallest absolute Gasteiger partial charge is 0.0988 e. The third-order valence-corrected chi connectivity index (χ3v) is 1.18. The van der Waals surface area contributed by atoms with E-state index in [1.165, 1.54) is 4.68 Å². The number of hydrogen-bond donors (Lipinski definition) is 3. The third-order valence-electron chi connectivity index (χ3n) is 1.18. The molecule has 1 heterocycles. The topological polar surface area (TPSA) is 83.2 Å². The average molecular weight is 158 g/mol. The van der Waals surface area contributed by atoms with Gasteiger partial charge in [0.2, 0.25) is 0 Å². The first-order valence-corrected chi connectivity index (χ1v) is 3.23. The third kappa shape index (κ3) is 2.26. The number of hydroxylamine groups is 1. The van der Waals surface area contributed by atoms with E-state index in [-0.39, 0.29) is 13.2 Å². The number of hydrogen-bond acceptors (Lipinski definition) is 5. The summed E-state index contributed by atoms with van der Waals surface area (Å²) in [6.07, 6.45) is 1.65. The van der Waals surface area contributed by atoms with Gasteiger partial charge in [-0.25, -0.2) is 4.68 Å². The Balaban J connectivity index is 2.51. The summed E-state index contributed by atoms with van der Waals surface area (Å²) in [6.45, 7) is 0.735. The van der Waals surface area contributed by atoms with Gasteiger partial charge in [-0.3, -0.25) is 0 Å². The van der Waals surface area contributed by atoms with Gasteiger partial charge in [-0.2, -0.15) is 5.48 Å². The highest BCUT2D eigenvalue weighted by atomic mass is 16.5. The summed E-state index contributed by atoms with van der Waals surface area (Å²) in [7, 11) is 0. The second-order valence-corrected chi connectivity index (χ2v) is 2.03. The van der Waals surface area contributed by atoms with Crippen LogP contribution >= 0.6 is 0 Å². The van der Waals surface area contributed by atoms with Crippen LogP contribution in [0.3, 0.4) is 0 Å². The van der Waals surface area contributed by atoms with Gasteiger partial charge < -0.3 is 10.3 Å². The van der Waals surface area contributed by atoms with E-state index in [9.17, 15) is 0 Å². The van der Waals surface area contributed by atoms with Gasteiger partial charge in [0.15, 0.2) is 0 Å². The van der Waals surface area contributed by atoms with Crippen LogP contribution in [0.1, 0.15) is 5.69 Å². The number of aliphatic hydroxyl groups excluding tert-OH is 1. The SMILES string of the molecule is OCCn1cc(CNO)nn1. The molecule has 0 aliphatic carbocycles. The highest BCUT2D eigenvalue weighted by Crippen LogP contribution is 1.90. The highest BCUT2D eigenvalue weighted by Gasteiger charge is 1.97. The Bertz CT molecular complexity index is 192. The van der Waals surface area contributed by atoms with E-state index in [2.05, 4.69) is 10.3 Å². The standard InChI is InChI=1S/C5H10N4O2/c10-2-1-9-4-5(3-6-11)7-8-9/h4,6,10-11H,1-3H2. The molecule has 0 radical (unpaired) electrons. The molecule has 0 fully saturated rings. The van der Waals surface area contributed by atoms with Crippen molar-refractivity contribution in [2.75, 3.05) is 6.61 Å². The Labute approximate surface area is 63.4 Å². The molecular weight excluding hydrogens is 148 g/mol. The van der Waals surface area contributed by atoms with Crippen molar-refractivity contribution in [1.82, 2.24) is 20.5 Å². The van der Waals surface area contributed by atoms with Crippen LogP contribution in [0.4, 0.5) is 0 Å². The van der Waals surface area contributed by atoms with Crippen LogP contribution in [0.25, 0.3) is 0 Å². The molecule has 0 unspecified atom stereocenters. The molecule has 0 atom stereocenters. The fourth-order valence-corrected chi connectivity index (χ4v) is 0.712. The molecule has 0 bridgehead atoms. The number of rotatable bonds is 4. The Morgan fingerprint density at radius 1 is 1.64 bits per heavy atom. The van der Waals surface area contributed by atoms with Crippen molar-refractivity contribution < 1.29 is 10.3 Å². The lowest BCUT2D eigenvalue weighted by atomic mass is 10.5. The minimum Gasteiger partial charge on any atom is -0.394 e. The molecule has 1 aromatic heterocycles. The zero-order valence-electron chi connectivity index (χ0n) is 5.93. The van der Waals surface area contributed by atoms with E-state index in [4.69, 9.17) is 10.3 Å². The maximum atomic E-state index is 8.51. The summed E-state index contributed by atoms with van der Waals surface area (Å²) in [5, 5.41) is 24.2. The lowest BCUT2D eigenvalue weighted by Crippen LogP contribution is -2.06. The number of nitrogens with zero attached hydrogens (tertiary/aromatic N) is 3. The maximum absolute atomic E-state index is 8.51. The van der Waals surface area contributed by atoms with E-state index in [0.717, 1.165) is 0 Å². The Morgan fingerprint density at radius 3 is 3.09 bits per heavy atom. The van der Waals surface area contributed by atoms with E-state index in [1.807, 2.05) is 5.48 Å². The quantitative estimate of drug-likeness (QED) is 0.477. The Hall–Kier alpha value is -0.980. The summed E-state index contributed by atoms with van der Waals surface area (Å²) in [4.78, 5) is 0. The minimum atomic E-state index is 0.0371. The summed E-state index contributed by atoms with van der Waals surface area (Å²) in [5.41, 5.74) is 2.60. The van der Waals surface area contributed by atoms with Crippen molar-refractivity contribution in [2.24, 2.45) is 0 Å². The van der Waals surface area contributed by atoms with Gasteiger partial charge in [0.25, 0.3) is 0 Å². The molecule has 0 aromatic carbocycles. The van der Waals surface area contributed by atoms with Crippen LogP contribution in [0.15, 0.2) is 6.20 Å². The average Bonchev–Trinajstić information content (AvgIpc) is 2.38. The molecule has 0 aliphatic heterocycles. The van der Waals surface area contributed by atoms with Crippen LogP contribution in [0.5, 0.6) is 0 Å². The first-order valence-electron chi connectivity index (χ1n) is 3.23. The van der Waals surface area contributed by atoms with Gasteiger partial charge in [0.05, 0.1) is 25.4 Å². The molecule has 0 amide bonds.